The van der Waals surface area contributed by atoms with E-state index in [0.29, 0.717) is 11.8 Å². The Morgan fingerprint density at radius 3 is 2.68 bits per heavy atom. The summed E-state index contributed by atoms with van der Waals surface area (Å²) in [6.45, 7) is 5.86. The van der Waals surface area contributed by atoms with Gasteiger partial charge in [-0.05, 0) is 26.3 Å². The minimum absolute atomic E-state index is 0.112. The lowest BCUT2D eigenvalue weighted by molar-refractivity contribution is 0.774. The highest BCUT2D eigenvalue weighted by molar-refractivity contribution is 5.63. The standard InChI is InChI=1S/C15H17N7/c1-9-6-4-5-7-12(9)13-8-16-22-15(19-13)17-10(2)14-18-11(3)20-21-14/h4-8,10H,1-3H3,(H,17,19,22)(H,18,20,21). The van der Waals surface area contributed by atoms with Crippen LogP contribution in [0.1, 0.15) is 30.2 Å². The SMILES string of the molecule is Cc1nc(C(C)Nc2nncc(-c3ccccc3C)n2)n[nH]1. The van der Waals surface area contributed by atoms with Gasteiger partial charge in [-0.15, -0.1) is 5.10 Å². The average Bonchev–Trinajstić information content (AvgIpc) is 2.95. The van der Waals surface area contributed by atoms with Gasteiger partial charge in [-0.2, -0.15) is 10.2 Å². The van der Waals surface area contributed by atoms with Crippen LogP contribution in [0.25, 0.3) is 11.3 Å². The Balaban J connectivity index is 1.84. The molecule has 3 aromatic rings. The van der Waals surface area contributed by atoms with Crippen molar-refractivity contribution >= 4 is 5.95 Å². The molecular weight excluding hydrogens is 278 g/mol. The summed E-state index contributed by atoms with van der Waals surface area (Å²) in [5, 5.41) is 18.2. The molecule has 2 aromatic heterocycles. The summed E-state index contributed by atoms with van der Waals surface area (Å²) in [7, 11) is 0. The first kappa shape index (κ1) is 14.1. The average molecular weight is 295 g/mol. The first-order valence-electron chi connectivity index (χ1n) is 7.04. The molecule has 0 aliphatic carbocycles. The van der Waals surface area contributed by atoms with Gasteiger partial charge in [0.15, 0.2) is 5.82 Å². The van der Waals surface area contributed by atoms with Gasteiger partial charge in [-0.1, -0.05) is 24.3 Å². The summed E-state index contributed by atoms with van der Waals surface area (Å²) >= 11 is 0. The maximum atomic E-state index is 4.53. The van der Waals surface area contributed by atoms with E-state index in [1.54, 1.807) is 6.20 Å². The highest BCUT2D eigenvalue weighted by Gasteiger charge is 2.13. The van der Waals surface area contributed by atoms with E-state index in [9.17, 15) is 0 Å². The molecule has 1 aromatic carbocycles. The second-order valence-corrected chi connectivity index (χ2v) is 5.13. The van der Waals surface area contributed by atoms with E-state index in [1.807, 2.05) is 45.0 Å². The molecule has 112 valence electrons. The van der Waals surface area contributed by atoms with Crippen LogP contribution in [-0.2, 0) is 0 Å². The number of aryl methyl sites for hydroxylation is 2. The van der Waals surface area contributed by atoms with Gasteiger partial charge >= 0.3 is 0 Å². The fraction of sp³-hybridized carbons (Fsp3) is 0.267. The predicted molar refractivity (Wildman–Crippen MR) is 83.2 cm³/mol. The molecule has 7 heteroatoms. The van der Waals surface area contributed by atoms with E-state index in [1.165, 1.54) is 0 Å². The first-order chi connectivity index (χ1) is 10.6. The molecule has 3 rings (SSSR count). The molecule has 0 spiro atoms. The quantitative estimate of drug-likeness (QED) is 0.768. The lowest BCUT2D eigenvalue weighted by Gasteiger charge is -2.11. The van der Waals surface area contributed by atoms with Gasteiger partial charge in [0.05, 0.1) is 17.9 Å². The van der Waals surface area contributed by atoms with Crippen LogP contribution in [0, 0.1) is 13.8 Å². The van der Waals surface area contributed by atoms with Crippen LogP contribution in [0.3, 0.4) is 0 Å². The van der Waals surface area contributed by atoms with Crippen LogP contribution in [0.15, 0.2) is 30.5 Å². The third-order valence-corrected chi connectivity index (χ3v) is 3.33. The Hall–Kier alpha value is -2.83. The number of aromatic amines is 1. The van der Waals surface area contributed by atoms with Crippen LogP contribution in [0.4, 0.5) is 5.95 Å². The van der Waals surface area contributed by atoms with Crippen molar-refractivity contribution in [3.8, 4) is 11.3 Å². The van der Waals surface area contributed by atoms with Gasteiger partial charge < -0.3 is 5.32 Å². The number of rotatable bonds is 4. The lowest BCUT2D eigenvalue weighted by Crippen LogP contribution is -2.12. The van der Waals surface area contributed by atoms with Gasteiger partial charge in [0.2, 0.25) is 5.95 Å². The number of H-pyrrole nitrogens is 1. The van der Waals surface area contributed by atoms with Gasteiger partial charge in [-0.3, -0.25) is 5.10 Å². The van der Waals surface area contributed by atoms with Gasteiger partial charge in [0.1, 0.15) is 5.82 Å². The van der Waals surface area contributed by atoms with Gasteiger partial charge in [-0.25, -0.2) is 9.97 Å². The second kappa shape index (κ2) is 5.88. The van der Waals surface area contributed by atoms with E-state index < -0.39 is 0 Å². The Morgan fingerprint density at radius 2 is 1.95 bits per heavy atom. The third kappa shape index (κ3) is 2.93. The maximum Gasteiger partial charge on any atom is 0.243 e. The maximum absolute atomic E-state index is 4.53. The normalized spacial score (nSPS) is 12.1. The van der Waals surface area contributed by atoms with Crippen LogP contribution in [0.2, 0.25) is 0 Å². The molecule has 22 heavy (non-hydrogen) atoms. The van der Waals surface area contributed by atoms with E-state index in [2.05, 4.69) is 35.7 Å². The highest BCUT2D eigenvalue weighted by atomic mass is 15.3. The molecule has 2 N–H and O–H groups in total. The zero-order valence-corrected chi connectivity index (χ0v) is 12.7. The van der Waals surface area contributed by atoms with Crippen molar-refractivity contribution in [3.05, 3.63) is 47.7 Å². The monoisotopic (exact) mass is 295 g/mol. The largest absolute Gasteiger partial charge is 0.343 e. The summed E-state index contributed by atoms with van der Waals surface area (Å²) < 4.78 is 0. The van der Waals surface area contributed by atoms with Gasteiger partial charge in [0, 0.05) is 5.56 Å². The minimum Gasteiger partial charge on any atom is -0.343 e. The summed E-state index contributed by atoms with van der Waals surface area (Å²) in [6, 6.07) is 7.94. The van der Waals surface area contributed by atoms with Crippen molar-refractivity contribution in [2.75, 3.05) is 5.32 Å². The summed E-state index contributed by atoms with van der Waals surface area (Å²) in [5.74, 6) is 1.90. The molecule has 0 saturated heterocycles. The number of nitrogens with one attached hydrogen (secondary N) is 2. The Morgan fingerprint density at radius 1 is 1.14 bits per heavy atom. The smallest absolute Gasteiger partial charge is 0.243 e. The molecule has 0 bridgehead atoms. The fourth-order valence-corrected chi connectivity index (χ4v) is 2.17. The molecule has 1 unspecified atom stereocenters. The predicted octanol–water partition coefficient (Wildman–Crippen LogP) is 2.45. The van der Waals surface area contributed by atoms with Crippen molar-refractivity contribution in [3.63, 3.8) is 0 Å². The summed E-state index contributed by atoms with van der Waals surface area (Å²) in [6.07, 6.45) is 1.66. The number of aromatic nitrogens is 6. The zero-order valence-electron chi connectivity index (χ0n) is 12.7. The number of anilines is 1. The molecule has 7 nitrogen and oxygen atoms in total. The zero-order chi connectivity index (χ0) is 15.5. The summed E-state index contributed by atoms with van der Waals surface area (Å²) in [5.41, 5.74) is 2.97. The van der Waals surface area contributed by atoms with Crippen molar-refractivity contribution in [2.45, 2.75) is 26.8 Å². The van der Waals surface area contributed by atoms with E-state index in [-0.39, 0.29) is 6.04 Å². The van der Waals surface area contributed by atoms with Crippen molar-refractivity contribution in [1.29, 1.82) is 0 Å². The molecule has 0 radical (unpaired) electrons. The van der Waals surface area contributed by atoms with Crippen molar-refractivity contribution in [2.24, 2.45) is 0 Å². The Labute approximate surface area is 128 Å². The van der Waals surface area contributed by atoms with Gasteiger partial charge in [0.25, 0.3) is 0 Å². The van der Waals surface area contributed by atoms with Crippen LogP contribution >= 0.6 is 0 Å². The third-order valence-electron chi connectivity index (χ3n) is 3.33. The van der Waals surface area contributed by atoms with Crippen molar-refractivity contribution < 1.29 is 0 Å². The highest BCUT2D eigenvalue weighted by Crippen LogP contribution is 2.21. The molecule has 0 amide bonds. The number of hydrogen-bond acceptors (Lipinski definition) is 6. The topological polar surface area (TPSA) is 92.3 Å². The van der Waals surface area contributed by atoms with Crippen LogP contribution < -0.4 is 5.32 Å². The molecule has 0 aliphatic heterocycles. The van der Waals surface area contributed by atoms with E-state index in [4.69, 9.17) is 0 Å². The Kier molecular flexibility index (Phi) is 3.78. The van der Waals surface area contributed by atoms with E-state index >= 15 is 0 Å². The summed E-state index contributed by atoms with van der Waals surface area (Å²) in [4.78, 5) is 8.82. The second-order valence-electron chi connectivity index (χ2n) is 5.13. The van der Waals surface area contributed by atoms with Crippen LogP contribution in [-0.4, -0.2) is 30.4 Å². The first-order valence-corrected chi connectivity index (χ1v) is 7.04. The molecular formula is C15H17N7. The lowest BCUT2D eigenvalue weighted by atomic mass is 10.1. The van der Waals surface area contributed by atoms with Crippen LogP contribution in [0.5, 0.6) is 0 Å². The fourth-order valence-electron chi connectivity index (χ4n) is 2.17. The molecule has 0 fully saturated rings. The Bertz CT molecular complexity index is 781. The number of nitrogens with zero attached hydrogens (tertiary/aromatic N) is 5. The van der Waals surface area contributed by atoms with E-state index in [0.717, 1.165) is 22.6 Å². The molecule has 1 atom stereocenters. The minimum atomic E-state index is -0.112. The molecule has 0 aliphatic rings. The number of benzene rings is 1. The molecule has 2 heterocycles. The number of hydrogen-bond donors (Lipinski definition) is 2. The van der Waals surface area contributed by atoms with Crippen molar-refractivity contribution in [1.82, 2.24) is 30.4 Å². The molecule has 0 saturated carbocycles.